The number of aliphatic carboxylic acids is 2. The molecule has 0 aromatic carbocycles. The van der Waals surface area contributed by atoms with Crippen LogP contribution in [0.1, 0.15) is 160 Å². The zero-order valence-corrected chi connectivity index (χ0v) is 40.3. The van der Waals surface area contributed by atoms with Crippen molar-refractivity contribution in [3.63, 3.8) is 0 Å². The molecule has 390 valence electrons. The number of nitrogens with two attached hydrogens (primary N) is 1. The second kappa shape index (κ2) is 39.0. The maximum Gasteiger partial charge on any atom is 0.326 e. The van der Waals surface area contributed by atoms with Crippen LogP contribution in [0.25, 0.3) is 0 Å². The zero-order valence-electron chi connectivity index (χ0n) is 39.5. The minimum absolute atomic E-state index is 0.00336. The third-order valence-electron chi connectivity index (χ3n) is 10.6. The van der Waals surface area contributed by atoms with E-state index in [0.717, 1.165) is 44.3 Å². The first-order valence-electron chi connectivity index (χ1n) is 24.0. The number of nitrogens with one attached hydrogen (secondary N) is 6. The van der Waals surface area contributed by atoms with E-state index in [1.165, 1.54) is 44.9 Å². The highest BCUT2D eigenvalue weighted by Gasteiger charge is 2.24. The van der Waals surface area contributed by atoms with E-state index in [0.29, 0.717) is 32.2 Å². The van der Waals surface area contributed by atoms with Gasteiger partial charge in [-0.25, -0.2) is 23.1 Å². The molecule has 0 aliphatic carbocycles. The quantitative estimate of drug-likeness (QED) is 0.0324. The third-order valence-corrected chi connectivity index (χ3v) is 12.0. The second-order valence-electron chi connectivity index (χ2n) is 16.7. The first-order valence-corrected chi connectivity index (χ1v) is 25.6. The number of tetrazole rings is 1. The molecule has 68 heavy (non-hydrogen) atoms. The van der Waals surface area contributed by atoms with Crippen LogP contribution in [0.4, 0.5) is 0 Å². The van der Waals surface area contributed by atoms with Crippen LogP contribution in [-0.4, -0.2) is 149 Å². The van der Waals surface area contributed by atoms with E-state index in [9.17, 15) is 57.3 Å². The van der Waals surface area contributed by atoms with E-state index < -0.39 is 76.2 Å². The zero-order chi connectivity index (χ0) is 50.3. The van der Waals surface area contributed by atoms with E-state index in [4.69, 9.17) is 15.2 Å². The molecule has 5 amide bonds. The molecule has 25 heteroatoms. The fraction of sp³-hybridized carbons (Fsp3) is 0.814. The molecule has 0 spiro atoms. The van der Waals surface area contributed by atoms with Crippen LogP contribution in [0.3, 0.4) is 0 Å². The van der Waals surface area contributed by atoms with E-state index in [2.05, 4.69) is 46.6 Å². The van der Waals surface area contributed by atoms with Crippen molar-refractivity contribution in [2.45, 2.75) is 179 Å². The monoisotopic (exact) mass is 991 g/mol. The average molecular weight is 991 g/mol. The molecule has 3 atom stereocenters. The molecule has 0 saturated carbocycles. The summed E-state index contributed by atoms with van der Waals surface area (Å²) in [4.78, 5) is 83.2. The minimum Gasteiger partial charge on any atom is -0.480 e. The lowest BCUT2D eigenvalue weighted by Crippen LogP contribution is -2.44. The molecule has 0 bridgehead atoms. The van der Waals surface area contributed by atoms with Crippen molar-refractivity contribution in [3.8, 4) is 0 Å². The SMILES string of the molecule is NC(=O)COCCOCCNC(=O)CC[C@H](NC(=O)CC[C@H](NC(=O)CCCCCNC(O)CCCS(=O)(=O)NC(=O)CCCCCCCCCCCCCCCc1nnn[nH]1)C(=O)O)C(=O)O. The van der Waals surface area contributed by atoms with Gasteiger partial charge in [0.05, 0.1) is 25.6 Å². The van der Waals surface area contributed by atoms with Gasteiger partial charge in [-0.15, -0.1) is 5.10 Å². The largest absolute Gasteiger partial charge is 0.480 e. The predicted octanol–water partition coefficient (Wildman–Crippen LogP) is 1.23. The minimum atomic E-state index is -3.83. The number of aliphatic hydroxyl groups excluding tert-OH is 1. The molecular formula is C43H78N10O14S. The molecule has 0 saturated heterocycles. The normalized spacial score (nSPS) is 12.7. The van der Waals surface area contributed by atoms with Gasteiger partial charge in [-0.3, -0.25) is 34.0 Å². The summed E-state index contributed by atoms with van der Waals surface area (Å²) < 4.78 is 37.0. The first kappa shape index (κ1) is 61.2. The highest BCUT2D eigenvalue weighted by molar-refractivity contribution is 7.90. The molecule has 1 heterocycles. The number of H-pyrrole nitrogens is 1. The Hall–Kier alpha value is -4.85. The summed E-state index contributed by atoms with van der Waals surface area (Å²) in [5.74, 6) is -5.18. The number of aliphatic hydroxyl groups is 1. The Bertz CT molecular complexity index is 1690. The van der Waals surface area contributed by atoms with Gasteiger partial charge in [-0.05, 0) is 68.3 Å². The molecule has 11 N–H and O–H groups in total. The molecule has 0 radical (unpaired) electrons. The summed E-state index contributed by atoms with van der Waals surface area (Å²) >= 11 is 0. The summed E-state index contributed by atoms with van der Waals surface area (Å²) in [6.07, 6.45) is 15.1. The highest BCUT2D eigenvalue weighted by Crippen LogP contribution is 2.14. The number of ether oxygens (including phenoxy) is 2. The number of carbonyl (C=O) groups excluding carboxylic acids is 5. The summed E-state index contributed by atoms with van der Waals surface area (Å²) in [6, 6.07) is -2.81. The van der Waals surface area contributed by atoms with Crippen LogP contribution in [0.2, 0.25) is 0 Å². The van der Waals surface area contributed by atoms with Gasteiger partial charge in [0.1, 0.15) is 30.7 Å². The molecular weight excluding hydrogens is 913 g/mol. The summed E-state index contributed by atoms with van der Waals surface area (Å²) in [6.45, 7) is 0.695. The van der Waals surface area contributed by atoms with Crippen LogP contribution in [0.5, 0.6) is 0 Å². The molecule has 1 aromatic rings. The molecule has 1 aromatic heterocycles. The molecule has 24 nitrogen and oxygen atoms in total. The van der Waals surface area contributed by atoms with Crippen LogP contribution in [-0.2, 0) is 59.5 Å². The predicted molar refractivity (Wildman–Crippen MR) is 248 cm³/mol. The number of aromatic nitrogens is 4. The number of carbonyl (C=O) groups is 7. The van der Waals surface area contributed by atoms with Gasteiger partial charge >= 0.3 is 11.9 Å². The number of hydrogen-bond donors (Lipinski definition) is 10. The summed E-state index contributed by atoms with van der Waals surface area (Å²) in [5, 5.41) is 53.1. The maximum atomic E-state index is 12.5. The Morgan fingerprint density at radius 2 is 1.12 bits per heavy atom. The Kier molecular flexibility index (Phi) is 35.1. The van der Waals surface area contributed by atoms with Crippen LogP contribution in [0.15, 0.2) is 0 Å². The molecule has 0 aliphatic rings. The fourth-order valence-electron chi connectivity index (χ4n) is 6.85. The Labute approximate surface area is 399 Å². The number of unbranched alkanes of at least 4 members (excludes halogenated alkanes) is 14. The van der Waals surface area contributed by atoms with Gasteiger partial charge in [0, 0.05) is 38.6 Å². The van der Waals surface area contributed by atoms with E-state index in [1.54, 1.807) is 0 Å². The molecule has 1 unspecified atom stereocenters. The maximum absolute atomic E-state index is 12.5. The van der Waals surface area contributed by atoms with Gasteiger partial charge < -0.3 is 46.5 Å². The van der Waals surface area contributed by atoms with Crippen molar-refractivity contribution in [1.82, 2.24) is 46.6 Å². The van der Waals surface area contributed by atoms with Gasteiger partial charge in [0.25, 0.3) is 0 Å². The number of sulfonamides is 1. The average Bonchev–Trinajstić information content (AvgIpc) is 3.80. The first-order chi connectivity index (χ1) is 32.6. The van der Waals surface area contributed by atoms with Gasteiger partial charge in [0.2, 0.25) is 39.6 Å². The van der Waals surface area contributed by atoms with Gasteiger partial charge in [-0.2, -0.15) is 0 Å². The highest BCUT2D eigenvalue weighted by atomic mass is 32.2. The van der Waals surface area contributed by atoms with Gasteiger partial charge in [0.15, 0.2) is 0 Å². The smallest absolute Gasteiger partial charge is 0.326 e. The van der Waals surface area contributed by atoms with Crippen LogP contribution < -0.4 is 31.7 Å². The fourth-order valence-corrected chi connectivity index (χ4v) is 7.95. The standard InChI is InChI=1S/C43H78N10O14S/c44-35(54)32-67-30-29-66-28-27-46-38(56)24-22-33(42(60)61)48-40(58)25-23-34(43(62)63)47-39(57)19-15-12-16-26-45-37(55)21-17-31-68(64,65)51-41(59)20-14-11-9-7-5-3-1-2-4-6-8-10-13-18-36-49-52-53-50-36/h33-34,37,45,55H,1-32H2,(H2,44,54)(H,46,56)(H,47,57)(H,48,58)(H,51,59)(H,60,61)(H,62,63)(H,49,50,52,53)/t33-,34-,37?/m0/s1. The lowest BCUT2D eigenvalue weighted by Gasteiger charge is -2.17. The number of nitrogens with zero attached hydrogens (tertiary/aromatic N) is 3. The van der Waals surface area contributed by atoms with E-state index >= 15 is 0 Å². The lowest BCUT2D eigenvalue weighted by molar-refractivity contribution is -0.143. The number of amides is 5. The lowest BCUT2D eigenvalue weighted by atomic mass is 10.0. The van der Waals surface area contributed by atoms with Crippen molar-refractivity contribution < 1.29 is 66.8 Å². The van der Waals surface area contributed by atoms with Crippen molar-refractivity contribution >= 4 is 51.5 Å². The van der Waals surface area contributed by atoms with Crippen molar-refractivity contribution in [3.05, 3.63) is 5.82 Å². The number of primary amides is 1. The number of hydrogen-bond acceptors (Lipinski definition) is 16. The second-order valence-corrected chi connectivity index (χ2v) is 18.5. The van der Waals surface area contributed by atoms with Crippen molar-refractivity contribution in [2.75, 3.05) is 45.3 Å². The topological polar surface area (TPSA) is 373 Å². The number of aromatic amines is 1. The Balaban J connectivity index is 2.08. The van der Waals surface area contributed by atoms with Crippen LogP contribution >= 0.6 is 0 Å². The number of aryl methyl sites for hydroxylation is 1. The third kappa shape index (κ3) is 36.2. The Morgan fingerprint density at radius 3 is 1.68 bits per heavy atom. The number of rotatable bonds is 46. The number of carboxylic acid groups (broad SMARTS) is 2. The molecule has 1 rings (SSSR count). The summed E-state index contributed by atoms with van der Waals surface area (Å²) in [5.41, 5.74) is 4.94. The molecule has 0 aliphatic heterocycles. The number of carboxylic acids is 2. The molecule has 0 fully saturated rings. The van der Waals surface area contributed by atoms with Crippen LogP contribution in [0, 0.1) is 0 Å². The van der Waals surface area contributed by atoms with Crippen molar-refractivity contribution in [1.29, 1.82) is 0 Å². The van der Waals surface area contributed by atoms with Gasteiger partial charge in [-0.1, -0.05) is 77.0 Å². The van der Waals surface area contributed by atoms with E-state index in [-0.39, 0.29) is 83.7 Å². The van der Waals surface area contributed by atoms with E-state index in [1.807, 2.05) is 0 Å². The Morgan fingerprint density at radius 1 is 0.603 bits per heavy atom. The van der Waals surface area contributed by atoms with Crippen molar-refractivity contribution in [2.24, 2.45) is 5.73 Å². The summed E-state index contributed by atoms with van der Waals surface area (Å²) in [7, 11) is -3.83.